The second-order valence-corrected chi connectivity index (χ2v) is 13.6. The number of aryl methyl sites for hydroxylation is 2. The Hall–Kier alpha value is -2.03. The molecular formula is C30H30BrNO2S3. The highest BCUT2D eigenvalue weighted by Crippen LogP contribution is 2.46. The average molecular weight is 613 g/mol. The van der Waals surface area contributed by atoms with Gasteiger partial charge in [0.1, 0.15) is 11.0 Å². The zero-order valence-electron chi connectivity index (χ0n) is 21.2. The summed E-state index contributed by atoms with van der Waals surface area (Å²) in [6.07, 6.45) is 2.05. The van der Waals surface area contributed by atoms with E-state index in [0.29, 0.717) is 4.90 Å². The lowest BCUT2D eigenvalue weighted by Gasteiger charge is -2.39. The summed E-state index contributed by atoms with van der Waals surface area (Å²) >= 11 is 5.20. The maximum absolute atomic E-state index is 13.8. The van der Waals surface area contributed by atoms with E-state index in [1.54, 1.807) is 11.8 Å². The predicted octanol–water partition coefficient (Wildman–Crippen LogP) is 7.86. The van der Waals surface area contributed by atoms with E-state index in [4.69, 9.17) is 0 Å². The van der Waals surface area contributed by atoms with Crippen molar-refractivity contribution in [3.05, 3.63) is 124 Å². The molecule has 4 aromatic carbocycles. The molecule has 192 valence electrons. The van der Waals surface area contributed by atoms with Crippen LogP contribution >= 0.6 is 27.7 Å². The first-order chi connectivity index (χ1) is 17.7. The minimum atomic E-state index is -1.47. The van der Waals surface area contributed by atoms with Crippen LogP contribution in [0.5, 0.6) is 0 Å². The van der Waals surface area contributed by atoms with Crippen LogP contribution in [0.3, 0.4) is 0 Å². The van der Waals surface area contributed by atoms with Crippen LogP contribution in [-0.4, -0.2) is 14.7 Å². The first-order valence-electron chi connectivity index (χ1n) is 11.9. The van der Waals surface area contributed by atoms with Crippen molar-refractivity contribution in [1.29, 1.82) is 0 Å². The highest BCUT2D eigenvalue weighted by Gasteiger charge is 2.40. The normalized spacial score (nSPS) is 15.5. The molecule has 0 bridgehead atoms. The van der Waals surface area contributed by atoms with Crippen molar-refractivity contribution in [1.82, 2.24) is 4.72 Å². The van der Waals surface area contributed by atoms with Crippen LogP contribution in [0, 0.1) is 13.8 Å². The van der Waals surface area contributed by atoms with Crippen molar-refractivity contribution in [2.24, 2.45) is 0 Å². The molecule has 0 saturated carbocycles. The lowest BCUT2D eigenvalue weighted by atomic mass is 9.86. The summed E-state index contributed by atoms with van der Waals surface area (Å²) in [6, 6.07) is 31.5. The van der Waals surface area contributed by atoms with Crippen LogP contribution in [0.1, 0.15) is 34.4 Å². The van der Waals surface area contributed by atoms with E-state index >= 15 is 0 Å². The minimum absolute atomic E-state index is 0.186. The molecule has 4 aromatic rings. The fourth-order valence-electron chi connectivity index (χ4n) is 4.30. The lowest BCUT2D eigenvalue weighted by Crippen LogP contribution is -2.45. The second-order valence-electron chi connectivity index (χ2n) is 9.13. The van der Waals surface area contributed by atoms with Gasteiger partial charge in [-0.15, -0.1) is 0 Å². The van der Waals surface area contributed by atoms with Gasteiger partial charge in [0.2, 0.25) is 0 Å². The van der Waals surface area contributed by atoms with Crippen molar-refractivity contribution in [3.63, 3.8) is 0 Å². The zero-order valence-corrected chi connectivity index (χ0v) is 25.3. The Morgan fingerprint density at radius 2 is 1.32 bits per heavy atom. The predicted molar refractivity (Wildman–Crippen MR) is 161 cm³/mol. The number of thioether (sulfide) groups is 1. The Morgan fingerprint density at radius 3 is 1.89 bits per heavy atom. The summed E-state index contributed by atoms with van der Waals surface area (Å²) < 4.78 is 31.9. The molecule has 4 atom stereocenters. The number of hydrogen-bond donors (Lipinski definition) is 1. The molecule has 2 unspecified atom stereocenters. The monoisotopic (exact) mass is 611 g/mol. The summed E-state index contributed by atoms with van der Waals surface area (Å²) in [6.45, 7) is 6.11. The molecule has 0 aliphatic heterocycles. The minimum Gasteiger partial charge on any atom is -0.249 e. The Morgan fingerprint density at radius 1 is 0.784 bits per heavy atom. The fraction of sp³-hybridized carbons (Fsp3) is 0.200. The summed E-state index contributed by atoms with van der Waals surface area (Å²) in [5.41, 5.74) is 3.44. The van der Waals surface area contributed by atoms with Crippen LogP contribution in [0.4, 0.5) is 0 Å². The van der Waals surface area contributed by atoms with Gasteiger partial charge in [-0.25, -0.2) is 13.1 Å². The Labute approximate surface area is 237 Å². The van der Waals surface area contributed by atoms with Gasteiger partial charge in [-0.05, 0) is 80.6 Å². The largest absolute Gasteiger partial charge is 0.249 e. The van der Waals surface area contributed by atoms with Gasteiger partial charge in [-0.1, -0.05) is 81.7 Å². The Balaban J connectivity index is 1.82. The molecule has 3 nitrogen and oxygen atoms in total. The average Bonchev–Trinajstić information content (AvgIpc) is 2.90. The Kier molecular flexibility index (Phi) is 9.24. The van der Waals surface area contributed by atoms with Gasteiger partial charge >= 0.3 is 0 Å². The van der Waals surface area contributed by atoms with Crippen LogP contribution in [-0.2, 0) is 27.3 Å². The molecule has 0 aromatic heterocycles. The molecule has 0 heterocycles. The summed E-state index contributed by atoms with van der Waals surface area (Å²) in [5.74, 6) is 0. The number of rotatable bonds is 9. The van der Waals surface area contributed by atoms with Crippen LogP contribution < -0.4 is 4.72 Å². The standard InChI is InChI=1S/C30H30BrNO2S3/c1-21-9-17-25(18-10-21)36(33)28-8-6-5-7-27(28)29(35-4)30(3,23-13-15-24(31)16-14-23)32-37(34)26-19-11-22(2)12-20-26/h5-20,29,32H,1-4H3/t29-,30+,36?,37?/m0/s1. The van der Waals surface area contributed by atoms with E-state index in [-0.39, 0.29) is 5.25 Å². The first-order valence-corrected chi connectivity index (χ1v) is 16.2. The molecule has 0 spiro atoms. The van der Waals surface area contributed by atoms with Crippen molar-refractivity contribution < 1.29 is 8.42 Å². The van der Waals surface area contributed by atoms with E-state index in [1.807, 2.05) is 117 Å². The van der Waals surface area contributed by atoms with Crippen LogP contribution in [0.25, 0.3) is 0 Å². The molecule has 0 fully saturated rings. The summed E-state index contributed by atoms with van der Waals surface area (Å²) in [4.78, 5) is 2.24. The van der Waals surface area contributed by atoms with Crippen LogP contribution in [0.2, 0.25) is 0 Å². The molecule has 0 radical (unpaired) electrons. The number of hydrogen-bond acceptors (Lipinski definition) is 3. The highest BCUT2D eigenvalue weighted by molar-refractivity contribution is 9.10. The maximum atomic E-state index is 13.8. The van der Waals surface area contributed by atoms with E-state index in [9.17, 15) is 8.42 Å². The maximum Gasteiger partial charge on any atom is 0.125 e. The van der Waals surface area contributed by atoms with E-state index < -0.39 is 27.3 Å². The molecule has 0 amide bonds. The third kappa shape index (κ3) is 6.35. The second kappa shape index (κ2) is 12.2. The van der Waals surface area contributed by atoms with E-state index in [1.165, 1.54) is 0 Å². The van der Waals surface area contributed by atoms with Gasteiger partial charge in [-0.2, -0.15) is 11.8 Å². The van der Waals surface area contributed by atoms with Gasteiger partial charge in [-0.3, -0.25) is 0 Å². The third-order valence-corrected chi connectivity index (χ3v) is 10.9. The number of benzene rings is 4. The van der Waals surface area contributed by atoms with Gasteiger partial charge in [0.15, 0.2) is 0 Å². The molecule has 0 aliphatic carbocycles. The molecule has 7 heteroatoms. The van der Waals surface area contributed by atoms with Gasteiger partial charge in [0.05, 0.1) is 26.5 Å². The Bertz CT molecular complexity index is 1410. The zero-order chi connectivity index (χ0) is 26.6. The van der Waals surface area contributed by atoms with Gasteiger partial charge < -0.3 is 0 Å². The van der Waals surface area contributed by atoms with Gasteiger partial charge in [0.25, 0.3) is 0 Å². The molecular weight excluding hydrogens is 582 g/mol. The quantitative estimate of drug-likeness (QED) is 0.209. The molecule has 4 rings (SSSR count). The number of halogens is 1. The van der Waals surface area contributed by atoms with Crippen molar-refractivity contribution in [3.8, 4) is 0 Å². The molecule has 1 N–H and O–H groups in total. The summed E-state index contributed by atoms with van der Waals surface area (Å²) in [5, 5.41) is -0.186. The SMILES string of the molecule is CS[C@@H](c1ccccc1S(=O)c1ccc(C)cc1)[C@](C)(NS(=O)c1ccc(C)cc1)c1ccc(Br)cc1. The lowest BCUT2D eigenvalue weighted by molar-refractivity contribution is 0.431. The fourth-order valence-corrected chi connectivity index (χ4v) is 8.20. The third-order valence-electron chi connectivity index (χ3n) is 6.38. The molecule has 0 aliphatic rings. The van der Waals surface area contributed by atoms with Crippen LogP contribution in [0.15, 0.2) is 116 Å². The van der Waals surface area contributed by atoms with Crippen molar-refractivity contribution in [2.45, 2.75) is 46.2 Å². The smallest absolute Gasteiger partial charge is 0.125 e. The molecule has 0 saturated heterocycles. The van der Waals surface area contributed by atoms with E-state index in [2.05, 4.69) is 27.6 Å². The van der Waals surface area contributed by atoms with E-state index in [0.717, 1.165) is 36.5 Å². The first kappa shape index (κ1) is 28.0. The van der Waals surface area contributed by atoms with Gasteiger partial charge in [0, 0.05) is 14.3 Å². The highest BCUT2D eigenvalue weighted by atomic mass is 79.9. The molecule has 37 heavy (non-hydrogen) atoms. The summed E-state index contributed by atoms with van der Waals surface area (Å²) in [7, 11) is -2.83. The number of nitrogens with one attached hydrogen (secondary N) is 1. The topological polar surface area (TPSA) is 46.2 Å². The van der Waals surface area contributed by atoms with Crippen molar-refractivity contribution in [2.75, 3.05) is 6.26 Å². The van der Waals surface area contributed by atoms with Crippen molar-refractivity contribution >= 4 is 49.5 Å².